The molecule has 2 aromatic rings. The monoisotopic (exact) mass is 349 g/mol. The molecular formula is C17H24ClN5O. The van der Waals surface area contributed by atoms with E-state index < -0.39 is 4.87 Å². The maximum atomic E-state index is 6.27. The Labute approximate surface area is 148 Å². The highest BCUT2D eigenvalue weighted by Crippen LogP contribution is 2.25. The molecule has 2 N–H and O–H groups in total. The topological polar surface area (TPSA) is 77.2 Å². The summed E-state index contributed by atoms with van der Waals surface area (Å²) in [6.07, 6.45) is 0. The number of alkyl halides is 1. The zero-order valence-electron chi connectivity index (χ0n) is 14.8. The number of ether oxygens (including phenoxy) is 1. The minimum absolute atomic E-state index is 0.158. The fraction of sp³-hybridized carbons (Fsp3) is 0.471. The first-order valence-corrected chi connectivity index (χ1v) is 8.16. The minimum atomic E-state index is -0.706. The van der Waals surface area contributed by atoms with Crippen LogP contribution < -0.4 is 15.4 Å². The molecule has 0 amide bonds. The number of benzene rings is 1. The number of nitrogens with zero attached hydrogens (tertiary/aromatic N) is 4. The van der Waals surface area contributed by atoms with Gasteiger partial charge in [0.1, 0.15) is 12.4 Å². The van der Waals surface area contributed by atoms with Crippen molar-refractivity contribution in [3.63, 3.8) is 0 Å². The van der Waals surface area contributed by atoms with Gasteiger partial charge >= 0.3 is 0 Å². The second kappa shape index (κ2) is 7.21. The van der Waals surface area contributed by atoms with Gasteiger partial charge < -0.3 is 15.4 Å². The van der Waals surface area contributed by atoms with Gasteiger partial charge in [-0.3, -0.25) is 0 Å². The van der Waals surface area contributed by atoms with Crippen molar-refractivity contribution in [2.75, 3.05) is 30.8 Å². The Kier molecular flexibility index (Phi) is 5.49. The van der Waals surface area contributed by atoms with Crippen LogP contribution in [0.5, 0.6) is 5.75 Å². The lowest BCUT2D eigenvalue weighted by atomic mass is 10.1. The molecule has 0 bridgehead atoms. The number of hydrogen-bond donors (Lipinski definition) is 1. The second-order valence-corrected chi connectivity index (χ2v) is 7.33. The summed E-state index contributed by atoms with van der Waals surface area (Å²) in [4.78, 5) is 13.8. The Bertz CT molecular complexity index is 694. The highest BCUT2D eigenvalue weighted by Gasteiger charge is 2.22. The van der Waals surface area contributed by atoms with Gasteiger partial charge in [-0.1, -0.05) is 6.07 Å². The molecule has 24 heavy (non-hydrogen) atoms. The van der Waals surface area contributed by atoms with Crippen molar-refractivity contribution in [2.24, 2.45) is 0 Å². The third-order valence-corrected chi connectivity index (χ3v) is 3.57. The first kappa shape index (κ1) is 18.3. The highest BCUT2D eigenvalue weighted by atomic mass is 35.5. The van der Waals surface area contributed by atoms with Crippen molar-refractivity contribution in [1.82, 2.24) is 15.0 Å². The summed E-state index contributed by atoms with van der Waals surface area (Å²) in [6, 6.07) is 6.14. The largest absolute Gasteiger partial charge is 0.492 e. The van der Waals surface area contributed by atoms with Gasteiger partial charge in [0.2, 0.25) is 11.9 Å². The van der Waals surface area contributed by atoms with Crippen molar-refractivity contribution >= 4 is 23.5 Å². The molecule has 130 valence electrons. The Morgan fingerprint density at radius 1 is 1.12 bits per heavy atom. The smallest absolute Gasteiger partial charge is 0.230 e. The quantitative estimate of drug-likeness (QED) is 0.807. The maximum absolute atomic E-state index is 6.27. The van der Waals surface area contributed by atoms with Gasteiger partial charge in [-0.2, -0.15) is 15.0 Å². The molecule has 0 unspecified atom stereocenters. The summed E-state index contributed by atoms with van der Waals surface area (Å²) in [7, 11) is 1.88. The Morgan fingerprint density at radius 3 is 2.33 bits per heavy atom. The van der Waals surface area contributed by atoms with E-state index in [-0.39, 0.29) is 5.95 Å². The van der Waals surface area contributed by atoms with Crippen LogP contribution in [0.3, 0.4) is 0 Å². The summed E-state index contributed by atoms with van der Waals surface area (Å²) in [5.41, 5.74) is 8.12. The number of likely N-dealkylation sites (N-methyl/N-ethyl adjacent to an activating group) is 1. The SMILES string of the molecule is Cc1cc(C)cc(OCCN(C)c2nc(N)nc(C(C)(C)Cl)n2)c1. The van der Waals surface area contributed by atoms with Crippen molar-refractivity contribution in [3.05, 3.63) is 35.2 Å². The second-order valence-electron chi connectivity index (χ2n) is 6.38. The molecular weight excluding hydrogens is 326 g/mol. The molecule has 2 rings (SSSR count). The predicted octanol–water partition coefficient (Wildman–Crippen LogP) is 3.06. The van der Waals surface area contributed by atoms with E-state index >= 15 is 0 Å². The molecule has 0 aliphatic carbocycles. The lowest BCUT2D eigenvalue weighted by Crippen LogP contribution is -2.27. The Balaban J connectivity index is 2.02. The van der Waals surface area contributed by atoms with Gasteiger partial charge in [0, 0.05) is 7.05 Å². The molecule has 1 aromatic carbocycles. The molecule has 0 atom stereocenters. The Morgan fingerprint density at radius 2 is 1.75 bits per heavy atom. The number of rotatable bonds is 6. The summed E-state index contributed by atoms with van der Waals surface area (Å²) in [5.74, 6) is 1.95. The third-order valence-electron chi connectivity index (χ3n) is 3.40. The van der Waals surface area contributed by atoms with E-state index in [1.54, 1.807) is 0 Å². The van der Waals surface area contributed by atoms with Crippen LogP contribution in [0.4, 0.5) is 11.9 Å². The van der Waals surface area contributed by atoms with Gasteiger partial charge in [-0.05, 0) is 51.0 Å². The van der Waals surface area contributed by atoms with Crippen LogP contribution in [0.1, 0.15) is 30.8 Å². The molecule has 0 fully saturated rings. The van der Waals surface area contributed by atoms with Crippen molar-refractivity contribution < 1.29 is 4.74 Å². The van der Waals surface area contributed by atoms with Crippen LogP contribution in [0, 0.1) is 13.8 Å². The summed E-state index contributed by atoms with van der Waals surface area (Å²) in [5, 5.41) is 0. The van der Waals surface area contributed by atoms with Crippen LogP contribution in [0.15, 0.2) is 18.2 Å². The molecule has 0 saturated heterocycles. The number of aromatic nitrogens is 3. The molecule has 0 aliphatic rings. The van der Waals surface area contributed by atoms with E-state index in [0.717, 1.165) is 5.75 Å². The molecule has 6 nitrogen and oxygen atoms in total. The van der Waals surface area contributed by atoms with E-state index in [2.05, 4.69) is 34.9 Å². The van der Waals surface area contributed by atoms with E-state index in [1.165, 1.54) is 11.1 Å². The molecule has 7 heteroatoms. The number of nitrogens with two attached hydrogens (primary N) is 1. The molecule has 0 aliphatic heterocycles. The molecule has 1 aromatic heterocycles. The van der Waals surface area contributed by atoms with Crippen LogP contribution in [-0.4, -0.2) is 35.2 Å². The summed E-state index contributed by atoms with van der Waals surface area (Å²) < 4.78 is 5.82. The van der Waals surface area contributed by atoms with Gasteiger partial charge in [0.25, 0.3) is 0 Å². The molecule has 0 spiro atoms. The fourth-order valence-corrected chi connectivity index (χ4v) is 2.32. The average Bonchev–Trinajstić information content (AvgIpc) is 2.44. The van der Waals surface area contributed by atoms with Gasteiger partial charge in [-0.25, -0.2) is 0 Å². The first-order chi connectivity index (χ1) is 11.1. The zero-order valence-corrected chi connectivity index (χ0v) is 15.6. The zero-order chi connectivity index (χ0) is 17.9. The lowest BCUT2D eigenvalue weighted by molar-refractivity contribution is 0.325. The fourth-order valence-electron chi connectivity index (χ4n) is 2.23. The van der Waals surface area contributed by atoms with E-state index in [9.17, 15) is 0 Å². The van der Waals surface area contributed by atoms with Gasteiger partial charge in [0.15, 0.2) is 5.82 Å². The van der Waals surface area contributed by atoms with Crippen LogP contribution >= 0.6 is 11.6 Å². The number of aryl methyl sites for hydroxylation is 2. The number of hydrogen-bond acceptors (Lipinski definition) is 6. The Hall–Kier alpha value is -2.08. The van der Waals surface area contributed by atoms with E-state index in [0.29, 0.717) is 24.9 Å². The molecule has 1 heterocycles. The average molecular weight is 350 g/mol. The maximum Gasteiger partial charge on any atom is 0.230 e. The standard InChI is InChI=1S/C17H24ClN5O/c1-11-8-12(2)10-13(9-11)24-7-6-23(5)16-21-14(17(3,4)18)20-15(19)22-16/h8-10H,6-7H2,1-5H3,(H2,19,20,21,22). The van der Waals surface area contributed by atoms with Crippen molar-refractivity contribution in [1.29, 1.82) is 0 Å². The van der Waals surface area contributed by atoms with E-state index in [4.69, 9.17) is 22.1 Å². The van der Waals surface area contributed by atoms with Gasteiger partial charge in [-0.15, -0.1) is 11.6 Å². The van der Waals surface area contributed by atoms with E-state index in [1.807, 2.05) is 37.9 Å². The number of anilines is 2. The number of nitrogen functional groups attached to an aromatic ring is 1. The van der Waals surface area contributed by atoms with Crippen molar-refractivity contribution in [3.8, 4) is 5.75 Å². The van der Waals surface area contributed by atoms with Gasteiger partial charge in [0.05, 0.1) is 11.4 Å². The van der Waals surface area contributed by atoms with Crippen LogP contribution in [-0.2, 0) is 4.87 Å². The highest BCUT2D eigenvalue weighted by molar-refractivity contribution is 6.23. The number of halogens is 1. The predicted molar refractivity (Wildman–Crippen MR) is 97.8 cm³/mol. The van der Waals surface area contributed by atoms with Crippen LogP contribution in [0.25, 0.3) is 0 Å². The summed E-state index contributed by atoms with van der Waals surface area (Å²) in [6.45, 7) is 8.85. The molecule has 0 radical (unpaired) electrons. The van der Waals surface area contributed by atoms with Crippen LogP contribution in [0.2, 0.25) is 0 Å². The molecule has 0 saturated carbocycles. The normalized spacial score (nSPS) is 11.4. The summed E-state index contributed by atoms with van der Waals surface area (Å²) >= 11 is 6.27. The lowest BCUT2D eigenvalue weighted by Gasteiger charge is -2.20. The third kappa shape index (κ3) is 4.96. The minimum Gasteiger partial charge on any atom is -0.492 e. The van der Waals surface area contributed by atoms with Crippen molar-refractivity contribution in [2.45, 2.75) is 32.6 Å². The first-order valence-electron chi connectivity index (χ1n) is 7.78.